The van der Waals surface area contributed by atoms with Crippen LogP contribution in [0, 0.1) is 0 Å². The Balaban J connectivity index is 2.33. The Morgan fingerprint density at radius 1 is 1.43 bits per heavy atom. The standard InChI is InChI=1S/C14H17ClN4O2/c1-9(10-2-4-11(15)5-3-10)14-17-13(8-12(16)21)18-19(14)6-7-20/h2-5,9,20H,6-8H2,1H3,(H2,16,21). The molecule has 2 aromatic rings. The van der Waals surface area contributed by atoms with Gasteiger partial charge in [-0.15, -0.1) is 0 Å². The molecule has 112 valence electrons. The second-order valence-corrected chi connectivity index (χ2v) is 5.19. The summed E-state index contributed by atoms with van der Waals surface area (Å²) >= 11 is 5.89. The van der Waals surface area contributed by atoms with Crippen molar-refractivity contribution in [3.05, 3.63) is 46.5 Å². The van der Waals surface area contributed by atoms with Gasteiger partial charge < -0.3 is 10.8 Å². The molecule has 1 heterocycles. The van der Waals surface area contributed by atoms with Crippen molar-refractivity contribution in [1.82, 2.24) is 14.8 Å². The van der Waals surface area contributed by atoms with Gasteiger partial charge in [-0.2, -0.15) is 5.10 Å². The second kappa shape index (κ2) is 6.69. The summed E-state index contributed by atoms with van der Waals surface area (Å²) in [6.07, 6.45) is -0.0151. The Hall–Kier alpha value is -1.92. The van der Waals surface area contributed by atoms with E-state index in [0.717, 1.165) is 5.56 Å². The van der Waals surface area contributed by atoms with Crippen molar-refractivity contribution in [2.45, 2.75) is 25.8 Å². The number of halogens is 1. The van der Waals surface area contributed by atoms with Gasteiger partial charge >= 0.3 is 0 Å². The SMILES string of the molecule is CC(c1ccc(Cl)cc1)c1nc(CC(N)=O)nn1CCO. The molecule has 0 radical (unpaired) electrons. The third kappa shape index (κ3) is 3.80. The molecule has 0 fully saturated rings. The first-order chi connectivity index (χ1) is 10.0. The summed E-state index contributed by atoms with van der Waals surface area (Å²) < 4.78 is 1.61. The largest absolute Gasteiger partial charge is 0.394 e. The molecule has 1 unspecified atom stereocenters. The van der Waals surface area contributed by atoms with E-state index in [1.807, 2.05) is 31.2 Å². The Labute approximate surface area is 127 Å². The molecule has 6 nitrogen and oxygen atoms in total. The minimum atomic E-state index is -0.484. The molecule has 0 spiro atoms. The Morgan fingerprint density at radius 2 is 2.10 bits per heavy atom. The number of hydrogen-bond acceptors (Lipinski definition) is 4. The number of carbonyl (C=O) groups excluding carboxylic acids is 1. The lowest BCUT2D eigenvalue weighted by Crippen LogP contribution is -2.15. The number of nitrogens with two attached hydrogens (primary N) is 1. The quantitative estimate of drug-likeness (QED) is 0.835. The lowest BCUT2D eigenvalue weighted by Gasteiger charge is -2.12. The van der Waals surface area contributed by atoms with E-state index in [9.17, 15) is 4.79 Å². The molecule has 21 heavy (non-hydrogen) atoms. The van der Waals surface area contributed by atoms with Crippen molar-refractivity contribution in [1.29, 1.82) is 0 Å². The molecular weight excluding hydrogens is 292 g/mol. The van der Waals surface area contributed by atoms with Gasteiger partial charge in [-0.1, -0.05) is 30.7 Å². The summed E-state index contributed by atoms with van der Waals surface area (Å²) in [4.78, 5) is 15.4. The number of aliphatic hydroxyl groups is 1. The highest BCUT2D eigenvalue weighted by Crippen LogP contribution is 2.24. The van der Waals surface area contributed by atoms with Crippen LogP contribution in [0.4, 0.5) is 0 Å². The summed E-state index contributed by atoms with van der Waals surface area (Å²) in [6, 6.07) is 7.45. The first kappa shape index (κ1) is 15.5. The lowest BCUT2D eigenvalue weighted by molar-refractivity contribution is -0.117. The molecule has 0 bridgehead atoms. The normalized spacial score (nSPS) is 12.3. The molecule has 0 saturated carbocycles. The molecule has 0 aliphatic heterocycles. The van der Waals surface area contributed by atoms with E-state index < -0.39 is 5.91 Å². The molecular formula is C14H17ClN4O2. The summed E-state index contributed by atoms with van der Waals surface area (Å²) in [5, 5.41) is 14.0. The zero-order valence-corrected chi connectivity index (χ0v) is 12.4. The van der Waals surface area contributed by atoms with E-state index in [2.05, 4.69) is 10.1 Å². The summed E-state index contributed by atoms with van der Waals surface area (Å²) in [5.41, 5.74) is 6.19. The number of aliphatic hydroxyl groups excluding tert-OH is 1. The number of nitrogens with zero attached hydrogens (tertiary/aromatic N) is 3. The highest BCUT2D eigenvalue weighted by Gasteiger charge is 2.18. The van der Waals surface area contributed by atoms with Crippen molar-refractivity contribution < 1.29 is 9.90 Å². The fourth-order valence-corrected chi connectivity index (χ4v) is 2.24. The van der Waals surface area contributed by atoms with Crippen LogP contribution >= 0.6 is 11.6 Å². The molecule has 2 rings (SSSR count). The molecule has 1 amide bonds. The zero-order chi connectivity index (χ0) is 15.4. The minimum absolute atomic E-state index is 0.0151. The number of carbonyl (C=O) groups is 1. The second-order valence-electron chi connectivity index (χ2n) is 4.75. The summed E-state index contributed by atoms with van der Waals surface area (Å²) in [6.45, 7) is 2.24. The van der Waals surface area contributed by atoms with E-state index in [4.69, 9.17) is 22.4 Å². The van der Waals surface area contributed by atoms with E-state index in [1.165, 1.54) is 0 Å². The predicted octanol–water partition coefficient (Wildman–Crippen LogP) is 1.10. The van der Waals surface area contributed by atoms with Crippen LogP contribution < -0.4 is 5.73 Å². The Kier molecular flexibility index (Phi) is 4.93. The molecule has 0 aliphatic rings. The molecule has 1 atom stereocenters. The first-order valence-electron chi connectivity index (χ1n) is 6.59. The molecule has 1 aromatic carbocycles. The predicted molar refractivity (Wildman–Crippen MR) is 79.0 cm³/mol. The van der Waals surface area contributed by atoms with Crippen LogP contribution in [-0.2, 0) is 17.8 Å². The van der Waals surface area contributed by atoms with Gasteiger partial charge in [0.15, 0.2) is 5.82 Å². The molecule has 0 aliphatic carbocycles. The highest BCUT2D eigenvalue weighted by atomic mass is 35.5. The van der Waals surface area contributed by atoms with Gasteiger partial charge in [0, 0.05) is 10.9 Å². The summed E-state index contributed by atoms with van der Waals surface area (Å²) in [5.74, 6) is 0.527. The van der Waals surface area contributed by atoms with Gasteiger partial charge in [0.25, 0.3) is 0 Å². The van der Waals surface area contributed by atoms with E-state index >= 15 is 0 Å². The minimum Gasteiger partial charge on any atom is -0.394 e. The maximum Gasteiger partial charge on any atom is 0.225 e. The first-order valence-corrected chi connectivity index (χ1v) is 6.97. The van der Waals surface area contributed by atoms with Gasteiger partial charge in [-0.3, -0.25) is 4.79 Å². The Bertz CT molecular complexity index is 624. The average molecular weight is 309 g/mol. The maximum absolute atomic E-state index is 11.0. The van der Waals surface area contributed by atoms with Gasteiger partial charge in [-0.05, 0) is 17.7 Å². The van der Waals surface area contributed by atoms with E-state index in [-0.39, 0.29) is 18.9 Å². The monoisotopic (exact) mass is 308 g/mol. The van der Waals surface area contributed by atoms with Crippen molar-refractivity contribution in [2.75, 3.05) is 6.61 Å². The van der Waals surface area contributed by atoms with Gasteiger partial charge in [0.05, 0.1) is 19.6 Å². The molecule has 7 heteroatoms. The fourth-order valence-electron chi connectivity index (χ4n) is 2.11. The maximum atomic E-state index is 11.0. The Morgan fingerprint density at radius 3 is 2.67 bits per heavy atom. The van der Waals surface area contributed by atoms with E-state index in [0.29, 0.717) is 23.2 Å². The fraction of sp³-hybridized carbons (Fsp3) is 0.357. The number of rotatable bonds is 6. The number of hydrogen-bond donors (Lipinski definition) is 2. The molecule has 3 N–H and O–H groups in total. The third-order valence-corrected chi connectivity index (χ3v) is 3.40. The topological polar surface area (TPSA) is 94.0 Å². The number of benzene rings is 1. The third-order valence-electron chi connectivity index (χ3n) is 3.15. The van der Waals surface area contributed by atoms with Crippen LogP contribution in [0.1, 0.15) is 30.1 Å². The number of amides is 1. The van der Waals surface area contributed by atoms with E-state index in [1.54, 1.807) is 4.68 Å². The van der Waals surface area contributed by atoms with Crippen LogP contribution in [0.2, 0.25) is 5.02 Å². The van der Waals surface area contributed by atoms with Crippen molar-refractivity contribution >= 4 is 17.5 Å². The van der Waals surface area contributed by atoms with Crippen LogP contribution in [0.3, 0.4) is 0 Å². The zero-order valence-electron chi connectivity index (χ0n) is 11.7. The van der Waals surface area contributed by atoms with Crippen molar-refractivity contribution in [2.24, 2.45) is 5.73 Å². The van der Waals surface area contributed by atoms with Gasteiger partial charge in [0.1, 0.15) is 5.82 Å². The lowest BCUT2D eigenvalue weighted by atomic mass is 10.0. The van der Waals surface area contributed by atoms with Gasteiger partial charge in [0.2, 0.25) is 5.91 Å². The van der Waals surface area contributed by atoms with Crippen LogP contribution in [0.5, 0.6) is 0 Å². The van der Waals surface area contributed by atoms with Crippen molar-refractivity contribution in [3.8, 4) is 0 Å². The number of aromatic nitrogens is 3. The van der Waals surface area contributed by atoms with Gasteiger partial charge in [-0.25, -0.2) is 9.67 Å². The number of primary amides is 1. The molecule has 0 saturated heterocycles. The highest BCUT2D eigenvalue weighted by molar-refractivity contribution is 6.30. The van der Waals surface area contributed by atoms with Crippen LogP contribution in [0.25, 0.3) is 0 Å². The average Bonchev–Trinajstić information content (AvgIpc) is 2.81. The molecule has 1 aromatic heterocycles. The summed E-state index contributed by atoms with van der Waals surface area (Å²) in [7, 11) is 0. The smallest absolute Gasteiger partial charge is 0.225 e. The van der Waals surface area contributed by atoms with Crippen LogP contribution in [0.15, 0.2) is 24.3 Å². The van der Waals surface area contributed by atoms with Crippen molar-refractivity contribution in [3.63, 3.8) is 0 Å². The van der Waals surface area contributed by atoms with Crippen LogP contribution in [-0.4, -0.2) is 32.4 Å².